The Morgan fingerprint density at radius 3 is 2.93 bits per heavy atom. The molecule has 0 amide bonds. The molecular weight excluding hydrogens is 362 g/mol. The zero-order valence-electron chi connectivity index (χ0n) is 15.2. The summed E-state index contributed by atoms with van der Waals surface area (Å²) in [6.45, 7) is 6.54. The summed E-state index contributed by atoms with van der Waals surface area (Å²) in [5, 5.41) is 14.4. The standard InChI is InChI=1S/C19H21N5O2S/c1-14-10-18(16-4-2-5-17(24(25)26)19(16)21-14)23-7-3-6-22(8-9-23)11-15-12-27-13-20-15/h2,4-5,10,12-13H,3,6-9,11H2,1H3. The molecule has 27 heavy (non-hydrogen) atoms. The van der Waals surface area contributed by atoms with Crippen LogP contribution in [0.25, 0.3) is 10.9 Å². The van der Waals surface area contributed by atoms with Crippen LogP contribution in [0.3, 0.4) is 0 Å². The van der Waals surface area contributed by atoms with Gasteiger partial charge in [0.25, 0.3) is 5.69 Å². The SMILES string of the molecule is Cc1cc(N2CCCN(Cc3cscn3)CC2)c2cccc([N+](=O)[O-])c2n1. The van der Waals surface area contributed by atoms with Crippen molar-refractivity contribution in [3.8, 4) is 0 Å². The summed E-state index contributed by atoms with van der Waals surface area (Å²) < 4.78 is 0. The second-order valence-electron chi connectivity index (χ2n) is 6.81. The molecule has 8 heteroatoms. The maximum absolute atomic E-state index is 11.4. The lowest BCUT2D eigenvalue weighted by Gasteiger charge is -2.25. The second-order valence-corrected chi connectivity index (χ2v) is 7.53. The van der Waals surface area contributed by atoms with Crippen molar-refractivity contribution in [1.29, 1.82) is 0 Å². The number of non-ortho nitro benzene ring substituents is 1. The van der Waals surface area contributed by atoms with Gasteiger partial charge in [0.15, 0.2) is 5.52 Å². The number of hydrogen-bond donors (Lipinski definition) is 0. The normalized spacial score (nSPS) is 15.8. The molecule has 0 N–H and O–H groups in total. The van der Waals surface area contributed by atoms with Gasteiger partial charge in [0, 0.05) is 60.9 Å². The highest BCUT2D eigenvalue weighted by atomic mass is 32.1. The Morgan fingerprint density at radius 1 is 1.26 bits per heavy atom. The van der Waals surface area contributed by atoms with Gasteiger partial charge < -0.3 is 4.90 Å². The highest BCUT2D eigenvalue weighted by molar-refractivity contribution is 7.07. The van der Waals surface area contributed by atoms with Crippen LogP contribution in [0, 0.1) is 17.0 Å². The van der Waals surface area contributed by atoms with E-state index in [0.29, 0.717) is 5.52 Å². The minimum Gasteiger partial charge on any atom is -0.370 e. The zero-order valence-corrected chi connectivity index (χ0v) is 16.0. The van der Waals surface area contributed by atoms with E-state index in [0.717, 1.165) is 61.6 Å². The lowest BCUT2D eigenvalue weighted by atomic mass is 10.1. The molecular formula is C19H21N5O2S. The zero-order chi connectivity index (χ0) is 18.8. The smallest absolute Gasteiger partial charge is 0.295 e. The Hall–Kier alpha value is -2.58. The van der Waals surface area contributed by atoms with Gasteiger partial charge in [-0.3, -0.25) is 15.0 Å². The molecule has 1 fully saturated rings. The minimum atomic E-state index is -0.351. The fourth-order valence-corrected chi connectivity index (χ4v) is 4.21. The molecule has 1 saturated heterocycles. The van der Waals surface area contributed by atoms with Gasteiger partial charge >= 0.3 is 0 Å². The Kier molecular flexibility index (Phi) is 5.00. The number of rotatable bonds is 4. The van der Waals surface area contributed by atoms with Gasteiger partial charge in [-0.25, -0.2) is 9.97 Å². The summed E-state index contributed by atoms with van der Waals surface area (Å²) in [6.07, 6.45) is 1.04. The van der Waals surface area contributed by atoms with Crippen LogP contribution in [-0.4, -0.2) is 46.0 Å². The largest absolute Gasteiger partial charge is 0.370 e. The maximum atomic E-state index is 11.4. The number of benzene rings is 1. The molecule has 140 valence electrons. The van der Waals surface area contributed by atoms with Crippen LogP contribution in [0.15, 0.2) is 35.2 Å². The van der Waals surface area contributed by atoms with Crippen molar-refractivity contribution in [2.45, 2.75) is 19.9 Å². The van der Waals surface area contributed by atoms with Gasteiger partial charge in [-0.2, -0.15) is 0 Å². The van der Waals surface area contributed by atoms with Gasteiger partial charge in [0.1, 0.15) is 0 Å². The molecule has 1 aromatic carbocycles. The van der Waals surface area contributed by atoms with Crippen LogP contribution in [0.2, 0.25) is 0 Å². The van der Waals surface area contributed by atoms with Crippen molar-refractivity contribution in [3.05, 3.63) is 56.7 Å². The lowest BCUT2D eigenvalue weighted by Crippen LogP contribution is -2.30. The Labute approximate surface area is 161 Å². The van der Waals surface area contributed by atoms with Crippen molar-refractivity contribution in [1.82, 2.24) is 14.9 Å². The third kappa shape index (κ3) is 3.77. The average molecular weight is 383 g/mol. The van der Waals surface area contributed by atoms with Crippen LogP contribution in [0.5, 0.6) is 0 Å². The van der Waals surface area contributed by atoms with E-state index >= 15 is 0 Å². The molecule has 4 rings (SSSR count). The van der Waals surface area contributed by atoms with E-state index < -0.39 is 0 Å². The van der Waals surface area contributed by atoms with E-state index in [-0.39, 0.29) is 10.6 Å². The first-order valence-corrected chi connectivity index (χ1v) is 9.95. The molecule has 0 aliphatic carbocycles. The van der Waals surface area contributed by atoms with Crippen LogP contribution in [0.1, 0.15) is 17.8 Å². The summed E-state index contributed by atoms with van der Waals surface area (Å²) >= 11 is 1.63. The third-order valence-corrected chi connectivity index (χ3v) is 5.55. The average Bonchev–Trinajstić information content (AvgIpc) is 3.05. The summed E-state index contributed by atoms with van der Waals surface area (Å²) in [5.74, 6) is 0. The lowest BCUT2D eigenvalue weighted by molar-refractivity contribution is -0.383. The van der Waals surface area contributed by atoms with Crippen LogP contribution in [-0.2, 0) is 6.54 Å². The van der Waals surface area contributed by atoms with Crippen LogP contribution < -0.4 is 4.90 Å². The van der Waals surface area contributed by atoms with Crippen LogP contribution in [0.4, 0.5) is 11.4 Å². The quantitative estimate of drug-likeness (QED) is 0.506. The first-order chi connectivity index (χ1) is 13.1. The molecule has 0 radical (unpaired) electrons. The van der Waals surface area contributed by atoms with Crippen molar-refractivity contribution in [2.75, 3.05) is 31.1 Å². The highest BCUT2D eigenvalue weighted by Crippen LogP contribution is 2.32. The topological polar surface area (TPSA) is 75.4 Å². The van der Waals surface area contributed by atoms with E-state index in [1.807, 2.05) is 24.6 Å². The molecule has 1 aliphatic rings. The second kappa shape index (κ2) is 7.58. The predicted molar refractivity (Wildman–Crippen MR) is 107 cm³/mol. The first-order valence-electron chi connectivity index (χ1n) is 9.01. The monoisotopic (exact) mass is 383 g/mol. The Morgan fingerprint density at radius 2 is 2.15 bits per heavy atom. The number of aryl methyl sites for hydroxylation is 1. The number of para-hydroxylation sites is 1. The summed E-state index contributed by atoms with van der Waals surface area (Å²) in [7, 11) is 0. The van der Waals surface area contributed by atoms with Gasteiger partial charge in [0.05, 0.1) is 16.1 Å². The van der Waals surface area contributed by atoms with Crippen molar-refractivity contribution >= 4 is 33.6 Å². The molecule has 0 saturated carbocycles. The molecule has 0 bridgehead atoms. The molecule has 0 unspecified atom stereocenters. The molecule has 3 aromatic rings. The van der Waals surface area contributed by atoms with E-state index in [4.69, 9.17) is 0 Å². The molecule has 0 spiro atoms. The Balaban J connectivity index is 1.62. The minimum absolute atomic E-state index is 0.0671. The molecule has 0 atom stereocenters. The molecule has 1 aliphatic heterocycles. The van der Waals surface area contributed by atoms with Gasteiger partial charge in [-0.05, 0) is 19.4 Å². The first kappa shape index (κ1) is 17.8. The van der Waals surface area contributed by atoms with Crippen molar-refractivity contribution in [2.24, 2.45) is 0 Å². The van der Waals surface area contributed by atoms with Gasteiger partial charge in [-0.1, -0.05) is 12.1 Å². The van der Waals surface area contributed by atoms with Crippen LogP contribution >= 0.6 is 11.3 Å². The fourth-order valence-electron chi connectivity index (χ4n) is 3.66. The van der Waals surface area contributed by atoms with Crippen molar-refractivity contribution in [3.63, 3.8) is 0 Å². The van der Waals surface area contributed by atoms with Gasteiger partial charge in [-0.15, -0.1) is 11.3 Å². The number of nitro benzene ring substituents is 1. The highest BCUT2D eigenvalue weighted by Gasteiger charge is 2.21. The summed E-state index contributed by atoms with van der Waals surface area (Å²) in [6, 6.07) is 7.24. The number of thiazole rings is 1. The van der Waals surface area contributed by atoms with E-state index in [1.165, 1.54) is 6.07 Å². The van der Waals surface area contributed by atoms with Gasteiger partial charge in [0.2, 0.25) is 0 Å². The molecule has 3 heterocycles. The van der Waals surface area contributed by atoms with E-state index in [1.54, 1.807) is 17.4 Å². The molecule has 7 nitrogen and oxygen atoms in total. The van der Waals surface area contributed by atoms with Crippen molar-refractivity contribution < 1.29 is 4.92 Å². The Bertz CT molecular complexity index is 960. The maximum Gasteiger partial charge on any atom is 0.295 e. The number of aromatic nitrogens is 2. The number of nitro groups is 1. The fraction of sp³-hybridized carbons (Fsp3) is 0.368. The number of nitrogens with zero attached hydrogens (tertiary/aromatic N) is 5. The van der Waals surface area contributed by atoms with E-state index in [2.05, 4.69) is 25.1 Å². The molecule has 2 aromatic heterocycles. The summed E-state index contributed by atoms with van der Waals surface area (Å²) in [4.78, 5) is 24.7. The summed E-state index contributed by atoms with van der Waals surface area (Å²) in [5.41, 5.74) is 5.37. The number of fused-ring (bicyclic) bond motifs is 1. The number of anilines is 1. The number of hydrogen-bond acceptors (Lipinski definition) is 7. The third-order valence-electron chi connectivity index (χ3n) is 4.92. The van der Waals surface area contributed by atoms with E-state index in [9.17, 15) is 10.1 Å². The number of pyridine rings is 1. The predicted octanol–water partition coefficient (Wildman–Crippen LogP) is 3.62.